The summed E-state index contributed by atoms with van der Waals surface area (Å²) in [4.78, 5) is 12.4. The van der Waals surface area contributed by atoms with Crippen molar-refractivity contribution in [2.75, 3.05) is 0 Å². The molecule has 0 aliphatic heterocycles. The van der Waals surface area contributed by atoms with Gasteiger partial charge in [-0.1, -0.05) is 37.8 Å². The quantitative estimate of drug-likeness (QED) is 0.293. The van der Waals surface area contributed by atoms with E-state index < -0.39 is 5.41 Å². The van der Waals surface area contributed by atoms with Crippen molar-refractivity contribution in [1.29, 1.82) is 0 Å². The van der Waals surface area contributed by atoms with E-state index in [9.17, 15) is 4.79 Å². The number of unbranched alkanes of at least 4 members (excludes halogenated alkanes) is 1. The Morgan fingerprint density at radius 1 is 1.50 bits per heavy atom. The molecule has 1 aliphatic carbocycles. The summed E-state index contributed by atoms with van der Waals surface area (Å²) in [5, 5.41) is 14.9. The van der Waals surface area contributed by atoms with Crippen molar-refractivity contribution in [3.05, 3.63) is 0 Å². The van der Waals surface area contributed by atoms with Crippen molar-refractivity contribution in [1.82, 2.24) is 5.32 Å². The lowest BCUT2D eigenvalue weighted by Crippen LogP contribution is -2.50. The van der Waals surface area contributed by atoms with Crippen LogP contribution in [0.25, 0.3) is 0 Å². The van der Waals surface area contributed by atoms with E-state index in [0.29, 0.717) is 12.8 Å². The average Bonchev–Trinajstić information content (AvgIpc) is 2.85. The van der Waals surface area contributed by atoms with Crippen LogP contribution in [0.1, 0.15) is 58.8 Å². The van der Waals surface area contributed by atoms with E-state index in [1.165, 1.54) is 0 Å². The predicted octanol–water partition coefficient (Wildman–Crippen LogP) is 1.99. The molecule has 0 aromatic rings. The Kier molecular flexibility index (Phi) is 5.44. The first kappa shape index (κ1) is 14.8. The fourth-order valence-electron chi connectivity index (χ4n) is 2.62. The third-order valence-electron chi connectivity index (χ3n) is 3.86. The molecule has 1 atom stereocenters. The maximum atomic E-state index is 12.4. The molecule has 5 heteroatoms. The molecule has 0 radical (unpaired) electrons. The molecule has 5 nitrogen and oxygen atoms in total. The highest BCUT2D eigenvalue weighted by Crippen LogP contribution is 2.38. The van der Waals surface area contributed by atoms with E-state index in [2.05, 4.69) is 17.4 Å². The second-order valence-corrected chi connectivity index (χ2v) is 5.29. The van der Waals surface area contributed by atoms with Gasteiger partial charge in [0.2, 0.25) is 5.91 Å². The molecule has 0 saturated heterocycles. The van der Waals surface area contributed by atoms with Crippen LogP contribution in [0.15, 0.2) is 5.16 Å². The molecular weight excluding hydrogens is 230 g/mol. The number of nitrogens with two attached hydrogens (primary N) is 1. The molecule has 0 heterocycles. The van der Waals surface area contributed by atoms with Crippen LogP contribution >= 0.6 is 0 Å². The first-order chi connectivity index (χ1) is 8.56. The Morgan fingerprint density at radius 2 is 2.11 bits per heavy atom. The van der Waals surface area contributed by atoms with E-state index in [4.69, 9.17) is 10.9 Å². The van der Waals surface area contributed by atoms with Crippen molar-refractivity contribution in [3.63, 3.8) is 0 Å². The molecule has 4 N–H and O–H groups in total. The molecular formula is C13H25N3O2. The second kappa shape index (κ2) is 6.61. The topological polar surface area (TPSA) is 87.7 Å². The summed E-state index contributed by atoms with van der Waals surface area (Å²) in [5.41, 5.74) is 4.95. The predicted molar refractivity (Wildman–Crippen MR) is 71.4 cm³/mol. The van der Waals surface area contributed by atoms with Crippen LogP contribution < -0.4 is 11.1 Å². The zero-order valence-electron chi connectivity index (χ0n) is 11.4. The SMILES string of the molecule is CCCCC(C)NC(=O)C1(C(N)=NO)CCCC1. The Balaban J connectivity index is 2.67. The van der Waals surface area contributed by atoms with Crippen LogP contribution in [0.3, 0.4) is 0 Å². The first-order valence-corrected chi connectivity index (χ1v) is 6.85. The minimum Gasteiger partial charge on any atom is -0.409 e. The Labute approximate surface area is 109 Å². The standard InChI is InChI=1S/C13H25N3O2/c1-3-4-7-10(2)15-12(17)13(11(14)16-18)8-5-6-9-13/h10,18H,3-9H2,1-2H3,(H2,14,16)(H,15,17). The third-order valence-corrected chi connectivity index (χ3v) is 3.86. The Morgan fingerprint density at radius 3 is 2.61 bits per heavy atom. The molecule has 104 valence electrons. The summed E-state index contributed by atoms with van der Waals surface area (Å²) in [5.74, 6) is -0.0286. The lowest BCUT2D eigenvalue weighted by molar-refractivity contribution is -0.128. The van der Waals surface area contributed by atoms with Crippen molar-refractivity contribution in [2.24, 2.45) is 16.3 Å². The van der Waals surface area contributed by atoms with Crippen LogP contribution in [0.4, 0.5) is 0 Å². The molecule has 0 aromatic heterocycles. The van der Waals surface area contributed by atoms with Crippen LogP contribution in [0.2, 0.25) is 0 Å². The van der Waals surface area contributed by atoms with Crippen molar-refractivity contribution in [2.45, 2.75) is 64.8 Å². The minimum absolute atomic E-state index is 0.0557. The van der Waals surface area contributed by atoms with E-state index in [0.717, 1.165) is 32.1 Å². The van der Waals surface area contributed by atoms with Gasteiger partial charge in [0.15, 0.2) is 5.84 Å². The molecule has 1 unspecified atom stereocenters. The maximum absolute atomic E-state index is 12.4. The van der Waals surface area contributed by atoms with E-state index in [-0.39, 0.29) is 17.8 Å². The van der Waals surface area contributed by atoms with E-state index in [1.54, 1.807) is 0 Å². The fraction of sp³-hybridized carbons (Fsp3) is 0.846. The molecule has 1 fully saturated rings. The van der Waals surface area contributed by atoms with E-state index in [1.807, 2.05) is 6.92 Å². The van der Waals surface area contributed by atoms with Crippen molar-refractivity contribution < 1.29 is 10.0 Å². The molecule has 1 rings (SSSR count). The average molecular weight is 255 g/mol. The van der Waals surface area contributed by atoms with Gasteiger partial charge in [0.1, 0.15) is 5.41 Å². The first-order valence-electron chi connectivity index (χ1n) is 6.85. The molecule has 0 aromatic carbocycles. The van der Waals surface area contributed by atoms with Gasteiger partial charge >= 0.3 is 0 Å². The largest absolute Gasteiger partial charge is 0.409 e. The summed E-state index contributed by atoms with van der Waals surface area (Å²) in [6.07, 6.45) is 6.43. The van der Waals surface area contributed by atoms with E-state index >= 15 is 0 Å². The van der Waals surface area contributed by atoms with Gasteiger partial charge in [-0.3, -0.25) is 4.79 Å². The smallest absolute Gasteiger partial charge is 0.234 e. The molecule has 0 spiro atoms. The number of nitrogens with zero attached hydrogens (tertiary/aromatic N) is 1. The number of amides is 1. The summed E-state index contributed by atoms with van der Waals surface area (Å²) in [6.45, 7) is 4.13. The van der Waals surface area contributed by atoms with Gasteiger partial charge in [0.05, 0.1) is 0 Å². The molecule has 1 aliphatic rings. The maximum Gasteiger partial charge on any atom is 0.234 e. The van der Waals surface area contributed by atoms with Crippen molar-refractivity contribution in [3.8, 4) is 0 Å². The van der Waals surface area contributed by atoms with Crippen LogP contribution in [-0.2, 0) is 4.79 Å². The summed E-state index contributed by atoms with van der Waals surface area (Å²) in [6, 6.07) is 0.140. The Hall–Kier alpha value is -1.26. The molecule has 18 heavy (non-hydrogen) atoms. The number of rotatable bonds is 6. The van der Waals surface area contributed by atoms with Gasteiger partial charge in [0, 0.05) is 6.04 Å². The Bertz CT molecular complexity index is 309. The minimum atomic E-state index is -0.783. The molecule has 1 saturated carbocycles. The van der Waals surface area contributed by atoms with Gasteiger partial charge in [0.25, 0.3) is 0 Å². The zero-order chi connectivity index (χ0) is 13.6. The highest BCUT2D eigenvalue weighted by molar-refractivity contribution is 6.07. The monoisotopic (exact) mass is 255 g/mol. The van der Waals surface area contributed by atoms with Gasteiger partial charge < -0.3 is 16.3 Å². The number of hydrogen-bond donors (Lipinski definition) is 3. The van der Waals surface area contributed by atoms with Crippen LogP contribution in [0.5, 0.6) is 0 Å². The lowest BCUT2D eigenvalue weighted by Gasteiger charge is -2.28. The summed E-state index contributed by atoms with van der Waals surface area (Å²) >= 11 is 0. The molecule has 1 amide bonds. The number of amidine groups is 1. The van der Waals surface area contributed by atoms with Crippen LogP contribution in [0, 0.1) is 5.41 Å². The van der Waals surface area contributed by atoms with Gasteiger partial charge in [-0.2, -0.15) is 0 Å². The number of carbonyl (C=O) groups excluding carboxylic acids is 1. The lowest BCUT2D eigenvalue weighted by atomic mass is 9.83. The van der Waals surface area contributed by atoms with Gasteiger partial charge in [-0.05, 0) is 26.2 Å². The molecule has 0 bridgehead atoms. The second-order valence-electron chi connectivity index (χ2n) is 5.29. The normalized spacial score (nSPS) is 20.7. The highest BCUT2D eigenvalue weighted by Gasteiger charge is 2.45. The third kappa shape index (κ3) is 3.15. The van der Waals surface area contributed by atoms with Gasteiger partial charge in [-0.25, -0.2) is 0 Å². The number of carbonyl (C=O) groups is 1. The fourth-order valence-corrected chi connectivity index (χ4v) is 2.62. The van der Waals surface area contributed by atoms with Gasteiger partial charge in [-0.15, -0.1) is 0 Å². The number of hydrogen-bond acceptors (Lipinski definition) is 3. The summed E-state index contributed by atoms with van der Waals surface area (Å²) in [7, 11) is 0. The van der Waals surface area contributed by atoms with Crippen LogP contribution in [-0.4, -0.2) is 23.0 Å². The number of oxime groups is 1. The highest BCUT2D eigenvalue weighted by atomic mass is 16.4. The number of nitrogens with one attached hydrogen (secondary N) is 1. The van der Waals surface area contributed by atoms with Crippen molar-refractivity contribution >= 4 is 11.7 Å². The summed E-state index contributed by atoms with van der Waals surface area (Å²) < 4.78 is 0. The zero-order valence-corrected chi connectivity index (χ0v) is 11.4.